The molecule has 0 atom stereocenters. The molecular weight excluding hydrogens is 300 g/mol. The van der Waals surface area contributed by atoms with Crippen molar-refractivity contribution in [3.8, 4) is 5.75 Å². The van der Waals surface area contributed by atoms with E-state index in [2.05, 4.69) is 10.3 Å². The van der Waals surface area contributed by atoms with Gasteiger partial charge in [0.05, 0.1) is 7.11 Å². The van der Waals surface area contributed by atoms with Gasteiger partial charge in [-0.25, -0.2) is 0 Å². The minimum absolute atomic E-state index is 0.0868. The fraction of sp³-hybridized carbons (Fsp3) is 0.150. The molecule has 1 aromatic heterocycles. The maximum atomic E-state index is 11.9. The molecule has 0 aliphatic heterocycles. The Morgan fingerprint density at radius 2 is 2.04 bits per heavy atom. The van der Waals surface area contributed by atoms with E-state index >= 15 is 0 Å². The van der Waals surface area contributed by atoms with Crippen molar-refractivity contribution < 1.29 is 9.53 Å². The average Bonchev–Trinajstić information content (AvgIpc) is 3.03. The van der Waals surface area contributed by atoms with Crippen molar-refractivity contribution in [2.24, 2.45) is 0 Å². The highest BCUT2D eigenvalue weighted by Gasteiger charge is 2.05. The normalized spacial score (nSPS) is 11.0. The predicted octanol–water partition coefficient (Wildman–Crippen LogP) is 3.55. The Hall–Kier alpha value is -3.01. The molecule has 1 amide bonds. The summed E-state index contributed by atoms with van der Waals surface area (Å²) in [6.07, 6.45) is 6.12. The summed E-state index contributed by atoms with van der Waals surface area (Å²) in [5.74, 6) is 0.745. The number of carbonyl (C=O) groups is 1. The number of benzene rings is 2. The van der Waals surface area contributed by atoms with Gasteiger partial charge in [-0.05, 0) is 41.8 Å². The van der Waals surface area contributed by atoms with Crippen LogP contribution >= 0.6 is 0 Å². The summed E-state index contributed by atoms with van der Waals surface area (Å²) >= 11 is 0. The van der Waals surface area contributed by atoms with Gasteiger partial charge >= 0.3 is 0 Å². The summed E-state index contributed by atoms with van der Waals surface area (Å²) in [4.78, 5) is 15.1. The number of aromatic nitrogens is 1. The molecule has 0 aliphatic carbocycles. The molecule has 0 saturated heterocycles. The van der Waals surface area contributed by atoms with E-state index in [9.17, 15) is 4.79 Å². The topological polar surface area (TPSA) is 54.1 Å². The van der Waals surface area contributed by atoms with Crippen LogP contribution in [0.5, 0.6) is 5.75 Å². The molecule has 4 heteroatoms. The molecule has 0 spiro atoms. The lowest BCUT2D eigenvalue weighted by atomic mass is 10.1. The maximum Gasteiger partial charge on any atom is 0.244 e. The molecule has 0 radical (unpaired) electrons. The molecule has 3 rings (SSSR count). The molecule has 2 N–H and O–H groups in total. The monoisotopic (exact) mass is 320 g/mol. The minimum Gasteiger partial charge on any atom is -0.497 e. The average molecular weight is 320 g/mol. The summed E-state index contributed by atoms with van der Waals surface area (Å²) in [7, 11) is 1.66. The third kappa shape index (κ3) is 3.84. The number of methoxy groups -OCH3 is 1. The summed E-state index contributed by atoms with van der Waals surface area (Å²) in [6, 6.07) is 15.7. The van der Waals surface area contributed by atoms with E-state index in [-0.39, 0.29) is 5.91 Å². The zero-order chi connectivity index (χ0) is 16.8. The van der Waals surface area contributed by atoms with Crippen LogP contribution in [0.25, 0.3) is 17.0 Å². The standard InChI is InChI=1S/C20H20N2O2/c1-24-17-8-9-19-18(13-17)16(14-22-19)11-12-21-20(23)10-7-15-5-3-2-4-6-15/h2-10,13-14,22H,11-12H2,1H3,(H,21,23). The van der Waals surface area contributed by atoms with E-state index in [0.717, 1.165) is 34.2 Å². The molecule has 4 nitrogen and oxygen atoms in total. The number of rotatable bonds is 6. The van der Waals surface area contributed by atoms with Crippen molar-refractivity contribution in [3.63, 3.8) is 0 Å². The highest BCUT2D eigenvalue weighted by atomic mass is 16.5. The van der Waals surface area contributed by atoms with E-state index in [1.54, 1.807) is 13.2 Å². The van der Waals surface area contributed by atoms with E-state index in [0.29, 0.717) is 6.54 Å². The smallest absolute Gasteiger partial charge is 0.244 e. The van der Waals surface area contributed by atoms with Crippen LogP contribution in [0.1, 0.15) is 11.1 Å². The first-order valence-corrected chi connectivity index (χ1v) is 7.91. The first kappa shape index (κ1) is 15.9. The SMILES string of the molecule is COc1ccc2[nH]cc(CCNC(=O)C=Cc3ccccc3)c2c1. The molecule has 0 fully saturated rings. The Labute approximate surface area is 141 Å². The molecule has 0 aliphatic rings. The number of H-pyrrole nitrogens is 1. The van der Waals surface area contributed by atoms with Gasteiger partial charge in [0.2, 0.25) is 5.91 Å². The van der Waals surface area contributed by atoms with Gasteiger partial charge in [-0.3, -0.25) is 4.79 Å². The lowest BCUT2D eigenvalue weighted by Crippen LogP contribution is -2.23. The van der Waals surface area contributed by atoms with E-state index < -0.39 is 0 Å². The Morgan fingerprint density at radius 3 is 2.83 bits per heavy atom. The van der Waals surface area contributed by atoms with Crippen molar-refractivity contribution in [2.45, 2.75) is 6.42 Å². The van der Waals surface area contributed by atoms with Gasteiger partial charge < -0.3 is 15.0 Å². The van der Waals surface area contributed by atoms with Gasteiger partial charge in [0.25, 0.3) is 0 Å². The van der Waals surface area contributed by atoms with E-state index in [1.807, 2.05) is 60.8 Å². The molecule has 0 unspecified atom stereocenters. The number of aromatic amines is 1. The summed E-state index contributed by atoms with van der Waals surface area (Å²) in [5.41, 5.74) is 3.24. The van der Waals surface area contributed by atoms with Gasteiger partial charge in [0, 0.05) is 29.7 Å². The Balaban J connectivity index is 1.56. The fourth-order valence-electron chi connectivity index (χ4n) is 2.61. The Morgan fingerprint density at radius 1 is 1.21 bits per heavy atom. The maximum absolute atomic E-state index is 11.9. The van der Waals surface area contributed by atoms with Crippen molar-refractivity contribution in [1.82, 2.24) is 10.3 Å². The summed E-state index contributed by atoms with van der Waals surface area (Å²) in [6.45, 7) is 0.585. The number of carbonyl (C=O) groups excluding carboxylic acids is 1. The lowest BCUT2D eigenvalue weighted by Gasteiger charge is -2.03. The van der Waals surface area contributed by atoms with Gasteiger partial charge in [0.15, 0.2) is 0 Å². The second-order valence-electron chi connectivity index (χ2n) is 5.51. The van der Waals surface area contributed by atoms with Crippen molar-refractivity contribution in [3.05, 3.63) is 71.9 Å². The number of fused-ring (bicyclic) bond motifs is 1. The van der Waals surface area contributed by atoms with Crippen LogP contribution in [0.3, 0.4) is 0 Å². The Kier molecular flexibility index (Phi) is 4.96. The van der Waals surface area contributed by atoms with Crippen LogP contribution in [-0.4, -0.2) is 24.5 Å². The second kappa shape index (κ2) is 7.51. The number of ether oxygens (including phenoxy) is 1. The molecule has 0 bridgehead atoms. The van der Waals surface area contributed by atoms with Gasteiger partial charge in [-0.2, -0.15) is 0 Å². The third-order valence-corrected chi connectivity index (χ3v) is 3.89. The van der Waals surface area contributed by atoms with Crippen LogP contribution in [-0.2, 0) is 11.2 Å². The molecule has 0 saturated carbocycles. The van der Waals surface area contributed by atoms with Gasteiger partial charge in [-0.15, -0.1) is 0 Å². The fourth-order valence-corrected chi connectivity index (χ4v) is 2.61. The van der Waals surface area contributed by atoms with Crippen LogP contribution < -0.4 is 10.1 Å². The lowest BCUT2D eigenvalue weighted by molar-refractivity contribution is -0.116. The molecule has 1 heterocycles. The van der Waals surface area contributed by atoms with Gasteiger partial charge in [-0.1, -0.05) is 30.3 Å². The summed E-state index contributed by atoms with van der Waals surface area (Å²) in [5, 5.41) is 4.04. The van der Waals surface area contributed by atoms with Crippen molar-refractivity contribution in [2.75, 3.05) is 13.7 Å². The largest absolute Gasteiger partial charge is 0.497 e. The predicted molar refractivity (Wildman–Crippen MR) is 97.0 cm³/mol. The van der Waals surface area contributed by atoms with Crippen molar-refractivity contribution in [1.29, 1.82) is 0 Å². The molecular formula is C20H20N2O2. The molecule has 24 heavy (non-hydrogen) atoms. The van der Waals surface area contributed by atoms with Crippen molar-refractivity contribution >= 4 is 22.9 Å². The quantitative estimate of drug-likeness (QED) is 0.683. The van der Waals surface area contributed by atoms with E-state index in [4.69, 9.17) is 4.74 Å². The molecule has 2 aromatic carbocycles. The molecule has 3 aromatic rings. The highest BCUT2D eigenvalue weighted by Crippen LogP contribution is 2.23. The molecule has 122 valence electrons. The first-order valence-electron chi connectivity index (χ1n) is 7.91. The highest BCUT2D eigenvalue weighted by molar-refractivity contribution is 5.91. The van der Waals surface area contributed by atoms with Crippen LogP contribution in [0.15, 0.2) is 60.8 Å². The van der Waals surface area contributed by atoms with E-state index in [1.165, 1.54) is 0 Å². The second-order valence-corrected chi connectivity index (χ2v) is 5.51. The first-order chi connectivity index (χ1) is 11.8. The minimum atomic E-state index is -0.0868. The van der Waals surface area contributed by atoms with Crippen LogP contribution in [0.4, 0.5) is 0 Å². The zero-order valence-corrected chi connectivity index (χ0v) is 13.6. The van der Waals surface area contributed by atoms with Crippen LogP contribution in [0.2, 0.25) is 0 Å². The Bertz CT molecular complexity index is 850. The van der Waals surface area contributed by atoms with Gasteiger partial charge in [0.1, 0.15) is 5.75 Å². The van der Waals surface area contributed by atoms with Crippen LogP contribution in [0, 0.1) is 0 Å². The summed E-state index contributed by atoms with van der Waals surface area (Å²) < 4.78 is 5.27. The number of hydrogen-bond donors (Lipinski definition) is 2. The number of nitrogens with one attached hydrogen (secondary N) is 2. The zero-order valence-electron chi connectivity index (χ0n) is 13.6. The third-order valence-electron chi connectivity index (χ3n) is 3.89. The number of amides is 1. The number of hydrogen-bond acceptors (Lipinski definition) is 2.